The average molecular weight is 337 g/mol. The van der Waals surface area contributed by atoms with Crippen molar-refractivity contribution >= 4 is 15.9 Å². The lowest BCUT2D eigenvalue weighted by Crippen LogP contribution is -2.35. The molecule has 1 saturated heterocycles. The van der Waals surface area contributed by atoms with Crippen molar-refractivity contribution in [3.05, 3.63) is 40.8 Å². The van der Waals surface area contributed by atoms with Crippen LogP contribution in [0.1, 0.15) is 18.7 Å². The van der Waals surface area contributed by atoms with E-state index in [1.54, 1.807) is 6.20 Å². The third-order valence-corrected chi connectivity index (χ3v) is 4.13. The number of likely N-dealkylation sites (tertiary alicyclic amines) is 1. The molecule has 4 nitrogen and oxygen atoms in total. The highest BCUT2D eigenvalue weighted by Gasteiger charge is 2.18. The molecule has 3 rings (SSSR count). The summed E-state index contributed by atoms with van der Waals surface area (Å²) in [6.45, 7) is 2.51. The summed E-state index contributed by atoms with van der Waals surface area (Å²) in [6.07, 6.45) is 3.30. The quantitative estimate of drug-likeness (QED) is 0.935. The molecule has 20 heavy (non-hydrogen) atoms. The van der Waals surface area contributed by atoms with Gasteiger partial charge in [0.15, 0.2) is 5.76 Å². The molecule has 0 atom stereocenters. The van der Waals surface area contributed by atoms with Gasteiger partial charge in [0.2, 0.25) is 5.89 Å². The van der Waals surface area contributed by atoms with Gasteiger partial charge in [0.25, 0.3) is 0 Å². The van der Waals surface area contributed by atoms with E-state index in [2.05, 4.69) is 25.8 Å². The summed E-state index contributed by atoms with van der Waals surface area (Å²) in [5.41, 5.74) is 1.03. The molecule has 1 aliphatic rings. The number of halogens is 1. The van der Waals surface area contributed by atoms with Crippen molar-refractivity contribution in [1.29, 1.82) is 0 Å². The van der Waals surface area contributed by atoms with Crippen LogP contribution in [0.2, 0.25) is 0 Å². The number of nitrogens with zero attached hydrogens (tertiary/aromatic N) is 2. The van der Waals surface area contributed by atoms with Gasteiger partial charge in [0.1, 0.15) is 0 Å². The summed E-state index contributed by atoms with van der Waals surface area (Å²) >= 11 is 3.42. The van der Waals surface area contributed by atoms with Crippen molar-refractivity contribution in [3.63, 3.8) is 0 Å². The SMILES string of the molecule is OC1CCN(Cc2ncc(-c3ccc(Br)cc3)o2)CC1. The Bertz CT molecular complexity index is 560. The predicted octanol–water partition coefficient (Wildman–Crippen LogP) is 3.06. The van der Waals surface area contributed by atoms with Crippen LogP contribution in [0.4, 0.5) is 0 Å². The Kier molecular flexibility index (Phi) is 4.19. The molecule has 106 valence electrons. The zero-order valence-corrected chi connectivity index (χ0v) is 12.7. The van der Waals surface area contributed by atoms with E-state index in [9.17, 15) is 5.11 Å². The van der Waals surface area contributed by atoms with Crippen LogP contribution in [0.5, 0.6) is 0 Å². The summed E-state index contributed by atoms with van der Waals surface area (Å²) in [5.74, 6) is 1.53. The van der Waals surface area contributed by atoms with Gasteiger partial charge >= 0.3 is 0 Å². The molecule has 5 heteroatoms. The Morgan fingerprint density at radius 1 is 1.25 bits per heavy atom. The average Bonchev–Trinajstić information content (AvgIpc) is 2.91. The molecule has 0 saturated carbocycles. The van der Waals surface area contributed by atoms with Crippen molar-refractivity contribution in [1.82, 2.24) is 9.88 Å². The lowest BCUT2D eigenvalue weighted by Gasteiger charge is -2.28. The number of aromatic nitrogens is 1. The third kappa shape index (κ3) is 3.29. The van der Waals surface area contributed by atoms with Gasteiger partial charge in [-0.2, -0.15) is 0 Å². The van der Waals surface area contributed by atoms with E-state index in [1.165, 1.54) is 0 Å². The normalized spacial score (nSPS) is 17.5. The van der Waals surface area contributed by atoms with E-state index in [-0.39, 0.29) is 6.10 Å². The van der Waals surface area contributed by atoms with E-state index in [0.717, 1.165) is 47.6 Å². The lowest BCUT2D eigenvalue weighted by atomic mass is 10.1. The smallest absolute Gasteiger partial charge is 0.209 e. The van der Waals surface area contributed by atoms with Gasteiger partial charge in [-0.1, -0.05) is 28.1 Å². The number of piperidine rings is 1. The van der Waals surface area contributed by atoms with Gasteiger partial charge in [0.05, 0.1) is 18.8 Å². The zero-order chi connectivity index (χ0) is 13.9. The molecule has 1 N–H and O–H groups in total. The van der Waals surface area contributed by atoms with E-state index in [4.69, 9.17) is 4.42 Å². The van der Waals surface area contributed by atoms with Crippen LogP contribution in [-0.4, -0.2) is 34.2 Å². The number of rotatable bonds is 3. The minimum Gasteiger partial charge on any atom is -0.439 e. The molecule has 2 heterocycles. The molecule has 1 aliphatic heterocycles. The first-order valence-corrected chi connectivity index (χ1v) is 7.61. The van der Waals surface area contributed by atoms with Crippen LogP contribution in [0.15, 0.2) is 39.4 Å². The first-order chi connectivity index (χ1) is 9.70. The van der Waals surface area contributed by atoms with Crippen LogP contribution in [-0.2, 0) is 6.54 Å². The molecule has 0 amide bonds. The summed E-state index contributed by atoms with van der Waals surface area (Å²) < 4.78 is 6.86. The van der Waals surface area contributed by atoms with Crippen LogP contribution in [0.3, 0.4) is 0 Å². The molecule has 2 aromatic rings. The largest absolute Gasteiger partial charge is 0.439 e. The second-order valence-corrected chi connectivity index (χ2v) is 6.05. The van der Waals surface area contributed by atoms with Crippen LogP contribution >= 0.6 is 15.9 Å². The number of aliphatic hydroxyl groups excluding tert-OH is 1. The Hall–Kier alpha value is -1.17. The third-order valence-electron chi connectivity index (χ3n) is 3.60. The second-order valence-electron chi connectivity index (χ2n) is 5.13. The van der Waals surface area contributed by atoms with E-state index in [1.807, 2.05) is 24.3 Å². The minimum absolute atomic E-state index is 0.144. The molecule has 0 unspecified atom stereocenters. The maximum absolute atomic E-state index is 9.50. The topological polar surface area (TPSA) is 49.5 Å². The first kappa shape index (κ1) is 13.8. The Labute approximate surface area is 126 Å². The number of hydrogen-bond acceptors (Lipinski definition) is 4. The maximum Gasteiger partial charge on any atom is 0.209 e. The Morgan fingerprint density at radius 2 is 1.95 bits per heavy atom. The molecule has 1 fully saturated rings. The standard InChI is InChI=1S/C15H17BrN2O2/c16-12-3-1-11(2-4-12)14-9-17-15(20-14)10-18-7-5-13(19)6-8-18/h1-4,9,13,19H,5-8,10H2. The second kappa shape index (κ2) is 6.08. The summed E-state index contributed by atoms with van der Waals surface area (Å²) in [5, 5.41) is 9.50. The van der Waals surface area contributed by atoms with Gasteiger partial charge in [-0.25, -0.2) is 4.98 Å². The number of hydrogen-bond donors (Lipinski definition) is 1. The van der Waals surface area contributed by atoms with E-state index >= 15 is 0 Å². The van der Waals surface area contributed by atoms with E-state index in [0.29, 0.717) is 6.54 Å². The summed E-state index contributed by atoms with van der Waals surface area (Å²) in [7, 11) is 0. The van der Waals surface area contributed by atoms with Crippen molar-refractivity contribution in [2.75, 3.05) is 13.1 Å². The molecular formula is C15H17BrN2O2. The zero-order valence-electron chi connectivity index (χ0n) is 11.1. The monoisotopic (exact) mass is 336 g/mol. The van der Waals surface area contributed by atoms with Gasteiger partial charge in [0, 0.05) is 23.1 Å². The van der Waals surface area contributed by atoms with Crippen molar-refractivity contribution < 1.29 is 9.52 Å². The van der Waals surface area contributed by atoms with Crippen molar-refractivity contribution in [3.8, 4) is 11.3 Å². The Morgan fingerprint density at radius 3 is 2.65 bits per heavy atom. The van der Waals surface area contributed by atoms with Gasteiger partial charge < -0.3 is 9.52 Å². The maximum atomic E-state index is 9.50. The fourth-order valence-electron chi connectivity index (χ4n) is 2.40. The molecular weight excluding hydrogens is 320 g/mol. The number of aliphatic hydroxyl groups is 1. The van der Waals surface area contributed by atoms with Gasteiger partial charge in [-0.15, -0.1) is 0 Å². The molecule has 1 aromatic heterocycles. The molecule has 0 bridgehead atoms. The molecule has 0 radical (unpaired) electrons. The fraction of sp³-hybridized carbons (Fsp3) is 0.400. The van der Waals surface area contributed by atoms with Gasteiger partial charge in [-0.3, -0.25) is 4.90 Å². The lowest BCUT2D eigenvalue weighted by molar-refractivity contribution is 0.0752. The highest BCUT2D eigenvalue weighted by atomic mass is 79.9. The molecule has 0 spiro atoms. The molecule has 0 aliphatic carbocycles. The van der Waals surface area contributed by atoms with E-state index < -0.39 is 0 Å². The predicted molar refractivity (Wildman–Crippen MR) is 80.2 cm³/mol. The number of benzene rings is 1. The van der Waals surface area contributed by atoms with Crippen molar-refractivity contribution in [2.24, 2.45) is 0 Å². The van der Waals surface area contributed by atoms with Crippen LogP contribution < -0.4 is 0 Å². The summed E-state index contributed by atoms with van der Waals surface area (Å²) in [4.78, 5) is 6.61. The Balaban J connectivity index is 1.66. The fourth-order valence-corrected chi connectivity index (χ4v) is 2.66. The highest BCUT2D eigenvalue weighted by Crippen LogP contribution is 2.23. The van der Waals surface area contributed by atoms with Crippen molar-refractivity contribution in [2.45, 2.75) is 25.5 Å². The van der Waals surface area contributed by atoms with Crippen LogP contribution in [0, 0.1) is 0 Å². The van der Waals surface area contributed by atoms with Crippen LogP contribution in [0.25, 0.3) is 11.3 Å². The molecule has 1 aromatic carbocycles. The first-order valence-electron chi connectivity index (χ1n) is 6.82. The number of oxazole rings is 1. The van der Waals surface area contributed by atoms with Gasteiger partial charge in [-0.05, 0) is 25.0 Å². The summed E-state index contributed by atoms with van der Waals surface area (Å²) in [6, 6.07) is 7.99. The highest BCUT2D eigenvalue weighted by molar-refractivity contribution is 9.10. The minimum atomic E-state index is -0.144.